The number of nitrogens with one attached hydrogen (secondary N) is 1. The van der Waals surface area contributed by atoms with Gasteiger partial charge in [0, 0.05) is 24.2 Å². The summed E-state index contributed by atoms with van der Waals surface area (Å²) in [5.74, 6) is 0.922. The summed E-state index contributed by atoms with van der Waals surface area (Å²) in [6.07, 6.45) is 0.980. The van der Waals surface area contributed by atoms with Crippen LogP contribution in [0.25, 0.3) is 16.9 Å². The van der Waals surface area contributed by atoms with E-state index >= 15 is 0 Å². The van der Waals surface area contributed by atoms with Gasteiger partial charge in [0.1, 0.15) is 11.6 Å². The standard InChI is InChI=1S/C20H18N4O2/c25-16-8-6-15(7-9-16)18(26)13-21-20-12-17(14-4-2-1-3-5-14)23-19-10-11-22-24(19)20/h1-12,18,21,25-26H,13H2/t18-/m0/s1. The van der Waals surface area contributed by atoms with Crippen LogP contribution in [0.15, 0.2) is 72.9 Å². The van der Waals surface area contributed by atoms with Gasteiger partial charge in [-0.25, -0.2) is 4.98 Å². The van der Waals surface area contributed by atoms with Crippen molar-refractivity contribution in [3.8, 4) is 17.0 Å². The van der Waals surface area contributed by atoms with E-state index in [1.807, 2.05) is 42.5 Å². The Morgan fingerprint density at radius 3 is 2.54 bits per heavy atom. The molecule has 130 valence electrons. The summed E-state index contributed by atoms with van der Waals surface area (Å²) in [4.78, 5) is 4.63. The van der Waals surface area contributed by atoms with Crippen LogP contribution in [-0.2, 0) is 0 Å². The van der Waals surface area contributed by atoms with Crippen LogP contribution < -0.4 is 5.32 Å². The first-order chi connectivity index (χ1) is 12.7. The molecule has 1 atom stereocenters. The number of rotatable bonds is 5. The Kier molecular flexibility index (Phi) is 4.25. The van der Waals surface area contributed by atoms with Crippen molar-refractivity contribution >= 4 is 11.5 Å². The van der Waals surface area contributed by atoms with Gasteiger partial charge in [0.2, 0.25) is 0 Å². The maximum Gasteiger partial charge on any atom is 0.157 e. The SMILES string of the molecule is Oc1ccc([C@@H](O)CNc2cc(-c3ccccc3)nc3ccnn23)cc1. The quantitative estimate of drug-likeness (QED) is 0.517. The molecular weight excluding hydrogens is 328 g/mol. The van der Waals surface area contributed by atoms with Crippen molar-refractivity contribution < 1.29 is 10.2 Å². The lowest BCUT2D eigenvalue weighted by Crippen LogP contribution is -2.14. The van der Waals surface area contributed by atoms with Crippen LogP contribution >= 0.6 is 0 Å². The summed E-state index contributed by atoms with van der Waals surface area (Å²) in [5, 5.41) is 27.3. The highest BCUT2D eigenvalue weighted by Gasteiger charge is 2.11. The fraction of sp³-hybridized carbons (Fsp3) is 0.100. The van der Waals surface area contributed by atoms with E-state index < -0.39 is 6.10 Å². The number of aliphatic hydroxyl groups excluding tert-OH is 1. The summed E-state index contributed by atoms with van der Waals surface area (Å²) in [6, 6.07) is 20.2. The number of phenolic OH excluding ortho intramolecular Hbond substituents is 1. The zero-order valence-electron chi connectivity index (χ0n) is 13.9. The van der Waals surface area contributed by atoms with Gasteiger partial charge in [0.05, 0.1) is 18.0 Å². The second-order valence-corrected chi connectivity index (χ2v) is 5.98. The predicted molar refractivity (Wildman–Crippen MR) is 100.0 cm³/mol. The van der Waals surface area contributed by atoms with Gasteiger partial charge in [-0.15, -0.1) is 0 Å². The predicted octanol–water partition coefficient (Wildman–Crippen LogP) is 3.25. The molecule has 4 aromatic rings. The van der Waals surface area contributed by atoms with Crippen LogP contribution in [-0.4, -0.2) is 31.4 Å². The number of aliphatic hydroxyl groups is 1. The molecule has 0 saturated carbocycles. The van der Waals surface area contributed by atoms with Gasteiger partial charge in [-0.05, 0) is 17.7 Å². The summed E-state index contributed by atoms with van der Waals surface area (Å²) in [7, 11) is 0. The highest BCUT2D eigenvalue weighted by molar-refractivity contribution is 5.66. The Balaban J connectivity index is 1.61. The third-order valence-electron chi connectivity index (χ3n) is 4.18. The van der Waals surface area contributed by atoms with E-state index in [1.54, 1.807) is 35.0 Å². The minimum atomic E-state index is -0.713. The highest BCUT2D eigenvalue weighted by Crippen LogP contribution is 2.23. The van der Waals surface area contributed by atoms with Crippen LogP contribution in [0, 0.1) is 0 Å². The smallest absolute Gasteiger partial charge is 0.157 e. The average molecular weight is 346 g/mol. The third kappa shape index (κ3) is 3.22. The molecule has 0 spiro atoms. The van der Waals surface area contributed by atoms with E-state index in [4.69, 9.17) is 0 Å². The molecule has 0 aliphatic rings. The number of aromatic hydroxyl groups is 1. The van der Waals surface area contributed by atoms with Crippen LogP contribution in [0.4, 0.5) is 5.82 Å². The fourth-order valence-electron chi connectivity index (χ4n) is 2.81. The van der Waals surface area contributed by atoms with Crippen molar-refractivity contribution in [3.63, 3.8) is 0 Å². The normalized spacial score (nSPS) is 12.2. The van der Waals surface area contributed by atoms with Crippen molar-refractivity contribution in [2.75, 3.05) is 11.9 Å². The molecule has 26 heavy (non-hydrogen) atoms. The molecule has 6 heteroatoms. The first-order valence-electron chi connectivity index (χ1n) is 8.32. The lowest BCUT2D eigenvalue weighted by atomic mass is 10.1. The third-order valence-corrected chi connectivity index (χ3v) is 4.18. The number of hydrogen-bond donors (Lipinski definition) is 3. The van der Waals surface area contributed by atoms with Crippen molar-refractivity contribution in [1.29, 1.82) is 0 Å². The van der Waals surface area contributed by atoms with Gasteiger partial charge in [-0.2, -0.15) is 9.61 Å². The molecule has 2 aromatic carbocycles. The zero-order valence-corrected chi connectivity index (χ0v) is 13.9. The van der Waals surface area contributed by atoms with E-state index in [0.717, 1.165) is 28.3 Å². The molecule has 0 aliphatic carbocycles. The Morgan fingerprint density at radius 1 is 1.00 bits per heavy atom. The first kappa shape index (κ1) is 16.1. The summed E-state index contributed by atoms with van der Waals surface area (Å²) < 4.78 is 1.70. The Hall–Kier alpha value is -3.38. The molecular formula is C20H18N4O2. The number of fused-ring (bicyclic) bond motifs is 1. The van der Waals surface area contributed by atoms with Gasteiger partial charge >= 0.3 is 0 Å². The van der Waals surface area contributed by atoms with Gasteiger partial charge in [0.15, 0.2) is 5.65 Å². The van der Waals surface area contributed by atoms with E-state index in [2.05, 4.69) is 15.4 Å². The van der Waals surface area contributed by atoms with Crippen molar-refractivity contribution in [3.05, 3.63) is 78.5 Å². The second-order valence-electron chi connectivity index (χ2n) is 5.98. The monoisotopic (exact) mass is 346 g/mol. The van der Waals surface area contributed by atoms with Gasteiger partial charge in [0.25, 0.3) is 0 Å². The second kappa shape index (κ2) is 6.85. The van der Waals surface area contributed by atoms with Gasteiger partial charge in [-0.3, -0.25) is 0 Å². The molecule has 0 aliphatic heterocycles. The topological polar surface area (TPSA) is 82.7 Å². The van der Waals surface area contributed by atoms with E-state index in [1.165, 1.54) is 0 Å². The molecule has 2 aromatic heterocycles. The summed E-state index contributed by atoms with van der Waals surface area (Å²) >= 11 is 0. The molecule has 0 bridgehead atoms. The molecule has 0 unspecified atom stereocenters. The lowest BCUT2D eigenvalue weighted by Gasteiger charge is -2.15. The number of anilines is 1. The molecule has 6 nitrogen and oxygen atoms in total. The molecule has 0 fully saturated rings. The highest BCUT2D eigenvalue weighted by atomic mass is 16.3. The number of aromatic nitrogens is 3. The number of hydrogen-bond acceptors (Lipinski definition) is 5. The van der Waals surface area contributed by atoms with Crippen molar-refractivity contribution in [1.82, 2.24) is 14.6 Å². The molecule has 0 radical (unpaired) electrons. The zero-order chi connectivity index (χ0) is 17.9. The van der Waals surface area contributed by atoms with Crippen LogP contribution in [0.3, 0.4) is 0 Å². The molecule has 2 heterocycles. The van der Waals surface area contributed by atoms with E-state index in [9.17, 15) is 10.2 Å². The molecule has 4 rings (SSSR count). The minimum absolute atomic E-state index is 0.175. The maximum atomic E-state index is 10.4. The fourth-order valence-corrected chi connectivity index (χ4v) is 2.81. The molecule has 0 saturated heterocycles. The van der Waals surface area contributed by atoms with E-state index in [-0.39, 0.29) is 5.75 Å². The van der Waals surface area contributed by atoms with Gasteiger partial charge in [-0.1, -0.05) is 42.5 Å². The Morgan fingerprint density at radius 2 is 1.77 bits per heavy atom. The average Bonchev–Trinajstić information content (AvgIpc) is 3.16. The first-order valence-corrected chi connectivity index (χ1v) is 8.32. The minimum Gasteiger partial charge on any atom is -0.508 e. The van der Waals surface area contributed by atoms with Crippen LogP contribution in [0.2, 0.25) is 0 Å². The van der Waals surface area contributed by atoms with Crippen LogP contribution in [0.5, 0.6) is 5.75 Å². The van der Waals surface area contributed by atoms with Gasteiger partial charge < -0.3 is 15.5 Å². The maximum absolute atomic E-state index is 10.4. The number of benzene rings is 2. The lowest BCUT2D eigenvalue weighted by molar-refractivity contribution is 0.191. The molecule has 0 amide bonds. The number of nitrogens with zero attached hydrogens (tertiary/aromatic N) is 3. The largest absolute Gasteiger partial charge is 0.508 e. The molecule has 3 N–H and O–H groups in total. The van der Waals surface area contributed by atoms with E-state index in [0.29, 0.717) is 6.54 Å². The Bertz CT molecular complexity index is 1010. The summed E-state index contributed by atoms with van der Waals surface area (Å²) in [5.41, 5.74) is 3.30. The van der Waals surface area contributed by atoms with Crippen molar-refractivity contribution in [2.24, 2.45) is 0 Å². The van der Waals surface area contributed by atoms with Crippen LogP contribution in [0.1, 0.15) is 11.7 Å². The Labute approximate surface area is 150 Å². The summed E-state index contributed by atoms with van der Waals surface area (Å²) in [6.45, 7) is 0.304. The van der Waals surface area contributed by atoms with Crippen molar-refractivity contribution in [2.45, 2.75) is 6.10 Å². The number of phenols is 1.